The van der Waals surface area contributed by atoms with Crippen molar-refractivity contribution in [1.29, 1.82) is 0 Å². The van der Waals surface area contributed by atoms with Crippen LogP contribution in [0.1, 0.15) is 19.8 Å². The van der Waals surface area contributed by atoms with Gasteiger partial charge in [-0.25, -0.2) is 0 Å². The van der Waals surface area contributed by atoms with E-state index in [1.165, 1.54) is 12.8 Å². The lowest BCUT2D eigenvalue weighted by Crippen LogP contribution is -2.61. The standard InChI is InChI=1S/C15H41NO3Si4/c1-11-12-13-16-14-15-23(17-20(2,3)4,18-21(5,6)7)19-22(8,9)10/h16H,11-15H2,1-10H3. The Morgan fingerprint density at radius 2 is 1.04 bits per heavy atom. The van der Waals surface area contributed by atoms with Crippen LogP contribution in [-0.4, -0.2) is 46.8 Å². The van der Waals surface area contributed by atoms with Crippen molar-refractivity contribution in [3.05, 3.63) is 0 Å². The summed E-state index contributed by atoms with van der Waals surface area (Å²) in [6, 6.07) is 0.884. The summed E-state index contributed by atoms with van der Waals surface area (Å²) in [7, 11) is -7.86. The highest BCUT2D eigenvalue weighted by atomic mass is 28.5. The second-order valence-electron chi connectivity index (χ2n) is 9.18. The largest absolute Gasteiger partial charge is 0.470 e. The lowest BCUT2D eigenvalue weighted by Gasteiger charge is -2.42. The third-order valence-electron chi connectivity index (χ3n) is 2.70. The number of rotatable bonds is 12. The zero-order valence-electron chi connectivity index (χ0n) is 17.3. The van der Waals surface area contributed by atoms with Gasteiger partial charge in [-0.3, -0.25) is 0 Å². The van der Waals surface area contributed by atoms with Crippen LogP contribution in [0.25, 0.3) is 0 Å². The highest BCUT2D eigenvalue weighted by molar-refractivity contribution is 6.90. The molecule has 0 spiro atoms. The molecule has 0 heterocycles. The molecule has 0 aliphatic rings. The van der Waals surface area contributed by atoms with Gasteiger partial charge in [0, 0.05) is 6.04 Å². The molecular weight excluding hydrogens is 355 g/mol. The van der Waals surface area contributed by atoms with Crippen molar-refractivity contribution in [3.63, 3.8) is 0 Å². The van der Waals surface area contributed by atoms with E-state index < -0.39 is 33.8 Å². The van der Waals surface area contributed by atoms with Crippen LogP contribution in [0.15, 0.2) is 0 Å². The first-order valence-electron chi connectivity index (χ1n) is 8.99. The van der Waals surface area contributed by atoms with Gasteiger partial charge in [-0.1, -0.05) is 13.3 Å². The SMILES string of the molecule is CCCCNCC[Si](O[Si](C)(C)C)(O[Si](C)(C)C)O[Si](C)(C)C. The molecule has 0 fully saturated rings. The van der Waals surface area contributed by atoms with Crippen LogP contribution >= 0.6 is 0 Å². The van der Waals surface area contributed by atoms with Crippen LogP contribution in [-0.2, 0) is 12.3 Å². The first-order chi connectivity index (χ1) is 10.2. The van der Waals surface area contributed by atoms with E-state index in [0.29, 0.717) is 0 Å². The lowest BCUT2D eigenvalue weighted by molar-refractivity contribution is 0.251. The lowest BCUT2D eigenvalue weighted by atomic mass is 10.3. The van der Waals surface area contributed by atoms with E-state index in [1.54, 1.807) is 0 Å². The fourth-order valence-corrected chi connectivity index (χ4v) is 16.8. The van der Waals surface area contributed by atoms with Gasteiger partial charge in [-0.05, 0) is 78.4 Å². The van der Waals surface area contributed by atoms with Crippen LogP contribution in [0.5, 0.6) is 0 Å². The van der Waals surface area contributed by atoms with Gasteiger partial charge in [0.15, 0.2) is 25.0 Å². The van der Waals surface area contributed by atoms with Gasteiger partial charge in [0.05, 0.1) is 0 Å². The van der Waals surface area contributed by atoms with Gasteiger partial charge < -0.3 is 17.7 Å². The van der Waals surface area contributed by atoms with Gasteiger partial charge in [-0.2, -0.15) is 0 Å². The van der Waals surface area contributed by atoms with Crippen molar-refractivity contribution in [2.24, 2.45) is 0 Å². The molecule has 1 N–H and O–H groups in total. The van der Waals surface area contributed by atoms with E-state index in [-0.39, 0.29) is 0 Å². The van der Waals surface area contributed by atoms with E-state index in [0.717, 1.165) is 19.1 Å². The molecule has 0 rings (SSSR count). The van der Waals surface area contributed by atoms with Gasteiger partial charge in [0.25, 0.3) is 0 Å². The highest BCUT2D eigenvalue weighted by Gasteiger charge is 2.49. The summed E-state index contributed by atoms with van der Waals surface area (Å²) >= 11 is 0. The second kappa shape index (κ2) is 9.42. The molecule has 0 aromatic rings. The Kier molecular flexibility index (Phi) is 9.71. The van der Waals surface area contributed by atoms with Gasteiger partial charge in [0.1, 0.15) is 0 Å². The predicted octanol–water partition coefficient (Wildman–Crippen LogP) is 4.87. The predicted molar refractivity (Wildman–Crippen MR) is 112 cm³/mol. The van der Waals surface area contributed by atoms with Gasteiger partial charge in [0.2, 0.25) is 0 Å². The van der Waals surface area contributed by atoms with Crippen molar-refractivity contribution in [2.45, 2.75) is 84.7 Å². The first kappa shape index (κ1) is 23.7. The topological polar surface area (TPSA) is 39.7 Å². The summed E-state index contributed by atoms with van der Waals surface area (Å²) in [5, 5.41) is 3.54. The van der Waals surface area contributed by atoms with E-state index in [4.69, 9.17) is 12.3 Å². The van der Waals surface area contributed by atoms with Crippen molar-refractivity contribution in [2.75, 3.05) is 13.1 Å². The summed E-state index contributed by atoms with van der Waals surface area (Å²) in [5.74, 6) is 0. The summed E-state index contributed by atoms with van der Waals surface area (Å²) in [6.45, 7) is 24.3. The molecule has 0 atom stereocenters. The summed E-state index contributed by atoms with van der Waals surface area (Å²) in [4.78, 5) is 0. The maximum absolute atomic E-state index is 6.65. The Morgan fingerprint density at radius 3 is 1.35 bits per heavy atom. The summed E-state index contributed by atoms with van der Waals surface area (Å²) in [6.07, 6.45) is 2.44. The Balaban J connectivity index is 5.21. The van der Waals surface area contributed by atoms with E-state index >= 15 is 0 Å². The quantitative estimate of drug-likeness (QED) is 0.378. The van der Waals surface area contributed by atoms with Gasteiger partial charge >= 0.3 is 8.80 Å². The zero-order chi connectivity index (χ0) is 18.4. The van der Waals surface area contributed by atoms with Crippen LogP contribution in [0, 0.1) is 0 Å². The second-order valence-corrected chi connectivity index (χ2v) is 26.2. The minimum Gasteiger partial charge on any atom is -0.417 e. The Bertz CT molecular complexity index is 294. The molecule has 0 saturated carbocycles. The number of hydrogen-bond acceptors (Lipinski definition) is 4. The molecule has 140 valence electrons. The number of nitrogens with one attached hydrogen (secondary N) is 1. The van der Waals surface area contributed by atoms with Crippen LogP contribution in [0.4, 0.5) is 0 Å². The van der Waals surface area contributed by atoms with E-state index in [9.17, 15) is 0 Å². The third kappa shape index (κ3) is 13.7. The molecule has 0 amide bonds. The molecule has 8 heteroatoms. The maximum Gasteiger partial charge on any atom is 0.470 e. The minimum absolute atomic E-state index is 0.884. The Hall–Kier alpha value is 0.708. The maximum atomic E-state index is 6.65. The average molecular weight is 396 g/mol. The van der Waals surface area contributed by atoms with Crippen LogP contribution in [0.3, 0.4) is 0 Å². The summed E-state index contributed by atoms with van der Waals surface area (Å²) in [5.41, 5.74) is 0. The number of unbranched alkanes of at least 4 members (excludes halogenated alkanes) is 1. The van der Waals surface area contributed by atoms with Crippen molar-refractivity contribution in [1.82, 2.24) is 5.32 Å². The first-order valence-corrected chi connectivity index (χ1v) is 21.1. The fourth-order valence-electron chi connectivity index (χ4n) is 2.28. The van der Waals surface area contributed by atoms with Crippen molar-refractivity contribution < 1.29 is 12.3 Å². The monoisotopic (exact) mass is 395 g/mol. The molecule has 0 saturated heterocycles. The van der Waals surface area contributed by atoms with Crippen LogP contribution in [0.2, 0.25) is 65.0 Å². The van der Waals surface area contributed by atoms with Crippen molar-refractivity contribution in [3.8, 4) is 0 Å². The van der Waals surface area contributed by atoms with Gasteiger partial charge in [-0.15, -0.1) is 0 Å². The van der Waals surface area contributed by atoms with Crippen molar-refractivity contribution >= 4 is 33.8 Å². The highest BCUT2D eigenvalue weighted by Crippen LogP contribution is 2.28. The molecule has 4 nitrogen and oxygen atoms in total. The molecule has 0 aromatic heterocycles. The number of hydrogen-bond donors (Lipinski definition) is 1. The normalized spacial score (nSPS) is 14.3. The minimum atomic E-state index is -2.64. The van der Waals surface area contributed by atoms with Crippen LogP contribution < -0.4 is 5.32 Å². The molecule has 0 aromatic carbocycles. The molecule has 23 heavy (non-hydrogen) atoms. The average Bonchev–Trinajstić information content (AvgIpc) is 2.20. The molecular formula is C15H41NO3Si4. The fraction of sp³-hybridized carbons (Fsp3) is 1.00. The molecule has 0 unspecified atom stereocenters. The summed E-state index contributed by atoms with van der Waals surface area (Å²) < 4.78 is 19.9. The smallest absolute Gasteiger partial charge is 0.417 e. The Labute approximate surface area is 149 Å². The molecule has 0 radical (unpaired) electrons. The third-order valence-corrected chi connectivity index (χ3v) is 14.6. The zero-order valence-corrected chi connectivity index (χ0v) is 21.3. The molecule has 0 aliphatic carbocycles. The molecule has 0 bridgehead atoms. The molecule has 0 aliphatic heterocycles. The Morgan fingerprint density at radius 1 is 0.652 bits per heavy atom. The van der Waals surface area contributed by atoms with E-state index in [1.807, 2.05) is 0 Å². The van der Waals surface area contributed by atoms with E-state index in [2.05, 4.69) is 71.2 Å².